The van der Waals surface area contributed by atoms with Gasteiger partial charge in [-0.1, -0.05) is 159 Å². The minimum atomic E-state index is 0. The molecule has 9 rings (SSSR count). The summed E-state index contributed by atoms with van der Waals surface area (Å²) in [6.07, 6.45) is 0. The van der Waals surface area contributed by atoms with Crippen LogP contribution in [-0.2, 0) is 0 Å². The molecule has 49 heavy (non-hydrogen) atoms. The van der Waals surface area contributed by atoms with E-state index in [1.165, 1.54) is 88.0 Å². The first-order valence-electron chi connectivity index (χ1n) is 16.6. The van der Waals surface area contributed by atoms with Gasteiger partial charge in [0.2, 0.25) is 0 Å². The molecule has 0 unspecified atom stereocenters. The highest BCUT2D eigenvalue weighted by atomic mass is 14.2. The van der Waals surface area contributed by atoms with Crippen molar-refractivity contribution in [1.82, 2.24) is 0 Å². The maximum atomic E-state index is 2.40. The first-order valence-corrected chi connectivity index (χ1v) is 16.6. The van der Waals surface area contributed by atoms with Crippen LogP contribution in [0, 0.1) is 0 Å². The average Bonchev–Trinajstić information content (AvgIpc) is 3.17. The molecule has 0 radical (unpaired) electrons. The van der Waals surface area contributed by atoms with Gasteiger partial charge < -0.3 is 0 Å². The van der Waals surface area contributed by atoms with E-state index in [0.29, 0.717) is 0 Å². The van der Waals surface area contributed by atoms with Crippen LogP contribution >= 0.6 is 0 Å². The van der Waals surface area contributed by atoms with Gasteiger partial charge in [-0.25, -0.2) is 0 Å². The zero-order chi connectivity index (χ0) is 31.9. The molecule has 0 bridgehead atoms. The Morgan fingerprint density at radius 1 is 0.204 bits per heavy atom. The van der Waals surface area contributed by atoms with Crippen LogP contribution in [0.15, 0.2) is 194 Å². The molecule has 232 valence electrons. The number of hydrogen-bond donors (Lipinski definition) is 0. The van der Waals surface area contributed by atoms with E-state index in [9.17, 15) is 0 Å². The molecule has 9 aromatic rings. The molecule has 9 aromatic carbocycles. The molecule has 0 saturated heterocycles. The molecule has 0 aliphatic carbocycles. The molecule has 0 N–H and O–H groups in total. The number of benzene rings is 9. The van der Waals surface area contributed by atoms with Gasteiger partial charge in [-0.2, -0.15) is 0 Å². The third-order valence-corrected chi connectivity index (χ3v) is 9.60. The Morgan fingerprint density at radius 2 is 0.571 bits per heavy atom. The standard InChI is InChI=1S/C48H32.CH4/c1-4-12-33(13-5-1)39-23-21-35-22-25-41(28-42(35)27-39)44-30-46(37-17-8-3-9-18-37)47-31-43(40-24-20-34-14-10-11-19-38(34)26-40)29-45(48(47)32-44)36-15-6-2-7-16-36;/h1-32H;1H4. The molecular weight excluding hydrogens is 589 g/mol. The second kappa shape index (κ2) is 12.8. The van der Waals surface area contributed by atoms with Gasteiger partial charge in [0.25, 0.3) is 0 Å². The van der Waals surface area contributed by atoms with E-state index in [-0.39, 0.29) is 7.43 Å². The largest absolute Gasteiger partial charge is 0.0776 e. The summed E-state index contributed by atoms with van der Waals surface area (Å²) in [5.41, 5.74) is 12.2. The Bertz CT molecular complexity index is 2580. The number of fused-ring (bicyclic) bond motifs is 3. The molecule has 0 heteroatoms. The summed E-state index contributed by atoms with van der Waals surface area (Å²) in [4.78, 5) is 0. The van der Waals surface area contributed by atoms with Crippen molar-refractivity contribution < 1.29 is 0 Å². The normalized spacial score (nSPS) is 11.1. The van der Waals surface area contributed by atoms with Gasteiger partial charge in [0.05, 0.1) is 0 Å². The van der Waals surface area contributed by atoms with Crippen molar-refractivity contribution in [2.75, 3.05) is 0 Å². The van der Waals surface area contributed by atoms with Gasteiger partial charge in [0, 0.05) is 0 Å². The third kappa shape index (κ3) is 5.69. The van der Waals surface area contributed by atoms with E-state index < -0.39 is 0 Å². The fourth-order valence-electron chi connectivity index (χ4n) is 7.11. The summed E-state index contributed by atoms with van der Waals surface area (Å²) in [7, 11) is 0. The van der Waals surface area contributed by atoms with E-state index in [1.807, 2.05) is 0 Å². The number of hydrogen-bond acceptors (Lipinski definition) is 0. The van der Waals surface area contributed by atoms with E-state index >= 15 is 0 Å². The minimum Gasteiger partial charge on any atom is -0.0776 e. The lowest BCUT2D eigenvalue weighted by Gasteiger charge is -2.17. The molecule has 0 saturated carbocycles. The Labute approximate surface area is 288 Å². The smallest absolute Gasteiger partial charge is 0.00926 e. The lowest BCUT2D eigenvalue weighted by molar-refractivity contribution is 1.60. The maximum Gasteiger partial charge on any atom is -0.00926 e. The molecule has 0 aliphatic heterocycles. The van der Waals surface area contributed by atoms with Gasteiger partial charge in [-0.05, 0) is 130 Å². The summed E-state index contributed by atoms with van der Waals surface area (Å²) in [6.45, 7) is 0. The van der Waals surface area contributed by atoms with E-state index in [2.05, 4.69) is 194 Å². The van der Waals surface area contributed by atoms with Crippen molar-refractivity contribution in [1.29, 1.82) is 0 Å². The summed E-state index contributed by atoms with van der Waals surface area (Å²) in [5.74, 6) is 0. The Hall–Kier alpha value is -6.24. The Balaban J connectivity index is 0.00000348. The van der Waals surface area contributed by atoms with Crippen LogP contribution < -0.4 is 0 Å². The van der Waals surface area contributed by atoms with Gasteiger partial charge >= 0.3 is 0 Å². The molecule has 0 atom stereocenters. The van der Waals surface area contributed by atoms with Crippen LogP contribution in [0.4, 0.5) is 0 Å². The van der Waals surface area contributed by atoms with Crippen molar-refractivity contribution >= 4 is 32.3 Å². The van der Waals surface area contributed by atoms with E-state index in [4.69, 9.17) is 0 Å². The maximum absolute atomic E-state index is 2.40. The minimum absolute atomic E-state index is 0. The molecule has 0 heterocycles. The third-order valence-electron chi connectivity index (χ3n) is 9.60. The fraction of sp³-hybridized carbons (Fsp3) is 0.0204. The van der Waals surface area contributed by atoms with Crippen LogP contribution in [-0.4, -0.2) is 0 Å². The zero-order valence-corrected chi connectivity index (χ0v) is 26.5. The molecule has 0 amide bonds. The molecule has 0 fully saturated rings. The topological polar surface area (TPSA) is 0 Å². The predicted octanol–water partition coefficient (Wildman–Crippen LogP) is 14.1. The van der Waals surface area contributed by atoms with E-state index in [0.717, 1.165) is 0 Å². The van der Waals surface area contributed by atoms with Crippen LogP contribution in [0.1, 0.15) is 7.43 Å². The SMILES string of the molecule is C.c1ccc(-c2ccc3ccc(-c4cc(-c5ccccc5)c5cc(-c6ccc7ccccc7c6)cc(-c6ccccc6)c5c4)cc3c2)cc1. The number of rotatable bonds is 5. The lowest BCUT2D eigenvalue weighted by atomic mass is 9.86. The first kappa shape index (κ1) is 30.1. The zero-order valence-electron chi connectivity index (χ0n) is 26.5. The van der Waals surface area contributed by atoms with E-state index in [1.54, 1.807) is 0 Å². The molecule has 0 nitrogen and oxygen atoms in total. The van der Waals surface area contributed by atoms with Crippen LogP contribution in [0.25, 0.3) is 88.0 Å². The highest BCUT2D eigenvalue weighted by Crippen LogP contribution is 2.42. The second-order valence-corrected chi connectivity index (χ2v) is 12.6. The highest BCUT2D eigenvalue weighted by molar-refractivity contribution is 6.09. The van der Waals surface area contributed by atoms with Gasteiger partial charge in [0.15, 0.2) is 0 Å². The van der Waals surface area contributed by atoms with Gasteiger partial charge in [-0.3, -0.25) is 0 Å². The molecule has 0 aliphatic rings. The second-order valence-electron chi connectivity index (χ2n) is 12.6. The van der Waals surface area contributed by atoms with Gasteiger partial charge in [-0.15, -0.1) is 0 Å². The lowest BCUT2D eigenvalue weighted by Crippen LogP contribution is -1.91. The van der Waals surface area contributed by atoms with Crippen LogP contribution in [0.2, 0.25) is 0 Å². The fourth-order valence-corrected chi connectivity index (χ4v) is 7.11. The summed E-state index contributed by atoms with van der Waals surface area (Å²) in [5, 5.41) is 7.49. The summed E-state index contributed by atoms with van der Waals surface area (Å²) < 4.78 is 0. The summed E-state index contributed by atoms with van der Waals surface area (Å²) >= 11 is 0. The highest BCUT2D eigenvalue weighted by Gasteiger charge is 2.15. The molecule has 0 aromatic heterocycles. The van der Waals surface area contributed by atoms with Crippen molar-refractivity contribution in [3.63, 3.8) is 0 Å². The first-order chi connectivity index (χ1) is 23.8. The van der Waals surface area contributed by atoms with Crippen molar-refractivity contribution in [2.45, 2.75) is 7.43 Å². The summed E-state index contributed by atoms with van der Waals surface area (Å²) in [6, 6.07) is 70.9. The van der Waals surface area contributed by atoms with Gasteiger partial charge in [0.1, 0.15) is 0 Å². The Kier molecular flexibility index (Phi) is 7.84. The van der Waals surface area contributed by atoms with Crippen molar-refractivity contribution in [3.05, 3.63) is 194 Å². The van der Waals surface area contributed by atoms with Crippen molar-refractivity contribution in [2.24, 2.45) is 0 Å². The van der Waals surface area contributed by atoms with Crippen LogP contribution in [0.3, 0.4) is 0 Å². The van der Waals surface area contributed by atoms with Crippen molar-refractivity contribution in [3.8, 4) is 55.6 Å². The van der Waals surface area contributed by atoms with Crippen LogP contribution in [0.5, 0.6) is 0 Å². The molecular formula is C49H36. The Morgan fingerprint density at radius 3 is 1.06 bits per heavy atom. The predicted molar refractivity (Wildman–Crippen MR) is 213 cm³/mol. The average molecular weight is 625 g/mol. The molecule has 0 spiro atoms. The quantitative estimate of drug-likeness (QED) is 0.179. The monoisotopic (exact) mass is 624 g/mol.